The standard InChI is InChI=1S/C11H10OS/c1-7-8(2)13-11-5-9(6-12)3-4-10(7)11/h3-6H,1-2H3. The van der Waals surface area contributed by atoms with Gasteiger partial charge in [-0.25, -0.2) is 0 Å². The summed E-state index contributed by atoms with van der Waals surface area (Å²) in [5.41, 5.74) is 2.09. The van der Waals surface area contributed by atoms with Crippen LogP contribution in [0.2, 0.25) is 0 Å². The van der Waals surface area contributed by atoms with Crippen LogP contribution in [0.25, 0.3) is 10.1 Å². The first kappa shape index (κ1) is 8.45. The Hall–Kier alpha value is -1.15. The molecule has 0 aliphatic carbocycles. The fourth-order valence-corrected chi connectivity index (χ4v) is 2.56. The fraction of sp³-hybridized carbons (Fsp3) is 0.182. The molecular formula is C11H10OS. The molecule has 2 rings (SSSR count). The molecule has 0 N–H and O–H groups in total. The second-order valence-corrected chi connectivity index (χ2v) is 4.41. The quantitative estimate of drug-likeness (QED) is 0.630. The molecule has 1 aromatic carbocycles. The molecule has 0 bridgehead atoms. The van der Waals surface area contributed by atoms with Gasteiger partial charge in [0.15, 0.2) is 0 Å². The maximum absolute atomic E-state index is 10.5. The molecule has 0 aliphatic heterocycles. The van der Waals surface area contributed by atoms with Gasteiger partial charge in [-0.1, -0.05) is 12.1 Å². The van der Waals surface area contributed by atoms with Crippen LogP contribution in [0.4, 0.5) is 0 Å². The summed E-state index contributed by atoms with van der Waals surface area (Å²) in [5, 5.41) is 1.27. The Morgan fingerprint density at radius 1 is 1.31 bits per heavy atom. The van der Waals surface area contributed by atoms with Crippen molar-refractivity contribution < 1.29 is 4.79 Å². The van der Waals surface area contributed by atoms with E-state index < -0.39 is 0 Å². The molecule has 1 nitrogen and oxygen atoms in total. The average molecular weight is 190 g/mol. The SMILES string of the molecule is Cc1sc2cc(C=O)ccc2c1C. The number of fused-ring (bicyclic) bond motifs is 1. The lowest BCUT2D eigenvalue weighted by atomic mass is 10.1. The smallest absolute Gasteiger partial charge is 0.150 e. The number of rotatable bonds is 1. The molecule has 1 heterocycles. The number of benzene rings is 1. The summed E-state index contributed by atoms with van der Waals surface area (Å²) in [6.45, 7) is 4.23. The molecule has 1 aromatic heterocycles. The van der Waals surface area contributed by atoms with Crippen LogP contribution in [0.1, 0.15) is 20.8 Å². The first-order valence-corrected chi connectivity index (χ1v) is 4.99. The van der Waals surface area contributed by atoms with E-state index in [-0.39, 0.29) is 0 Å². The minimum atomic E-state index is 0.758. The van der Waals surface area contributed by atoms with Crippen molar-refractivity contribution >= 4 is 27.7 Å². The predicted molar refractivity (Wildman–Crippen MR) is 56.7 cm³/mol. The van der Waals surface area contributed by atoms with Crippen LogP contribution < -0.4 is 0 Å². The van der Waals surface area contributed by atoms with E-state index in [1.165, 1.54) is 20.5 Å². The van der Waals surface area contributed by atoms with E-state index in [1.54, 1.807) is 11.3 Å². The minimum absolute atomic E-state index is 0.758. The van der Waals surface area contributed by atoms with Crippen LogP contribution >= 0.6 is 11.3 Å². The van der Waals surface area contributed by atoms with Gasteiger partial charge < -0.3 is 0 Å². The first-order valence-electron chi connectivity index (χ1n) is 4.17. The van der Waals surface area contributed by atoms with Gasteiger partial charge in [-0.2, -0.15) is 0 Å². The van der Waals surface area contributed by atoms with Crippen molar-refractivity contribution in [3.63, 3.8) is 0 Å². The Labute approximate surface area is 81.0 Å². The fourth-order valence-electron chi connectivity index (χ4n) is 1.44. The number of carbonyl (C=O) groups excluding carboxylic acids is 1. The zero-order valence-corrected chi connectivity index (χ0v) is 8.44. The molecule has 0 saturated carbocycles. The molecule has 0 aliphatic rings. The van der Waals surface area contributed by atoms with E-state index in [0.717, 1.165) is 11.8 Å². The zero-order valence-electron chi connectivity index (χ0n) is 7.63. The third-order valence-electron chi connectivity index (χ3n) is 2.34. The highest BCUT2D eigenvalue weighted by atomic mass is 32.1. The van der Waals surface area contributed by atoms with Gasteiger partial charge >= 0.3 is 0 Å². The zero-order chi connectivity index (χ0) is 9.42. The van der Waals surface area contributed by atoms with Gasteiger partial charge in [0.25, 0.3) is 0 Å². The van der Waals surface area contributed by atoms with E-state index in [2.05, 4.69) is 13.8 Å². The van der Waals surface area contributed by atoms with E-state index in [4.69, 9.17) is 0 Å². The molecule has 2 aromatic rings. The summed E-state index contributed by atoms with van der Waals surface area (Å²) < 4.78 is 1.21. The number of aldehydes is 1. The van der Waals surface area contributed by atoms with Crippen LogP contribution in [0.5, 0.6) is 0 Å². The third-order valence-corrected chi connectivity index (χ3v) is 3.51. The third kappa shape index (κ3) is 1.27. The summed E-state index contributed by atoms with van der Waals surface area (Å²) in [7, 11) is 0. The van der Waals surface area contributed by atoms with Gasteiger partial charge in [0.1, 0.15) is 6.29 Å². The summed E-state index contributed by atoms with van der Waals surface area (Å²) >= 11 is 1.75. The lowest BCUT2D eigenvalue weighted by Gasteiger charge is -1.92. The molecule has 0 amide bonds. The summed E-state index contributed by atoms with van der Waals surface area (Å²) in [5.74, 6) is 0. The Morgan fingerprint density at radius 2 is 2.08 bits per heavy atom. The van der Waals surface area contributed by atoms with Crippen LogP contribution in [0, 0.1) is 13.8 Å². The van der Waals surface area contributed by atoms with Crippen LogP contribution in [0.15, 0.2) is 18.2 Å². The van der Waals surface area contributed by atoms with Gasteiger partial charge in [0, 0.05) is 15.1 Å². The van der Waals surface area contributed by atoms with Crippen molar-refractivity contribution in [2.45, 2.75) is 13.8 Å². The molecule has 0 unspecified atom stereocenters. The first-order chi connectivity index (χ1) is 6.22. The largest absolute Gasteiger partial charge is 0.298 e. The minimum Gasteiger partial charge on any atom is -0.298 e. The topological polar surface area (TPSA) is 17.1 Å². The van der Waals surface area contributed by atoms with Crippen molar-refractivity contribution in [1.29, 1.82) is 0 Å². The Morgan fingerprint density at radius 3 is 2.77 bits per heavy atom. The Balaban J connectivity index is 2.79. The van der Waals surface area contributed by atoms with Crippen molar-refractivity contribution in [3.8, 4) is 0 Å². The highest BCUT2D eigenvalue weighted by molar-refractivity contribution is 7.19. The highest BCUT2D eigenvalue weighted by Crippen LogP contribution is 2.30. The van der Waals surface area contributed by atoms with Crippen LogP contribution in [-0.4, -0.2) is 6.29 Å². The number of hydrogen-bond acceptors (Lipinski definition) is 2. The van der Waals surface area contributed by atoms with Gasteiger partial charge in [0.2, 0.25) is 0 Å². The normalized spacial score (nSPS) is 10.6. The maximum Gasteiger partial charge on any atom is 0.150 e. The van der Waals surface area contributed by atoms with E-state index >= 15 is 0 Å². The van der Waals surface area contributed by atoms with E-state index in [0.29, 0.717) is 0 Å². The molecule has 66 valence electrons. The molecule has 0 atom stereocenters. The summed E-state index contributed by atoms with van der Waals surface area (Å²) in [4.78, 5) is 11.9. The van der Waals surface area contributed by atoms with Crippen molar-refractivity contribution in [3.05, 3.63) is 34.2 Å². The summed E-state index contributed by atoms with van der Waals surface area (Å²) in [6, 6.07) is 5.85. The molecular weight excluding hydrogens is 180 g/mol. The summed E-state index contributed by atoms with van der Waals surface area (Å²) in [6.07, 6.45) is 0.893. The highest BCUT2D eigenvalue weighted by Gasteiger charge is 2.04. The van der Waals surface area contributed by atoms with Crippen molar-refractivity contribution in [2.24, 2.45) is 0 Å². The second-order valence-electron chi connectivity index (χ2n) is 3.16. The molecule has 0 fully saturated rings. The molecule has 13 heavy (non-hydrogen) atoms. The van der Waals surface area contributed by atoms with Crippen LogP contribution in [-0.2, 0) is 0 Å². The number of hydrogen-bond donors (Lipinski definition) is 0. The van der Waals surface area contributed by atoms with Gasteiger partial charge in [-0.15, -0.1) is 11.3 Å². The van der Waals surface area contributed by atoms with Gasteiger partial charge in [-0.3, -0.25) is 4.79 Å². The van der Waals surface area contributed by atoms with Crippen molar-refractivity contribution in [1.82, 2.24) is 0 Å². The average Bonchev–Trinajstić information content (AvgIpc) is 2.42. The van der Waals surface area contributed by atoms with Crippen molar-refractivity contribution in [2.75, 3.05) is 0 Å². The van der Waals surface area contributed by atoms with E-state index in [9.17, 15) is 4.79 Å². The number of thiophene rings is 1. The number of aryl methyl sites for hydroxylation is 2. The van der Waals surface area contributed by atoms with Gasteiger partial charge in [0.05, 0.1) is 0 Å². The lowest BCUT2D eigenvalue weighted by molar-refractivity contribution is 0.112. The van der Waals surface area contributed by atoms with E-state index in [1.807, 2.05) is 18.2 Å². The Kier molecular flexibility index (Phi) is 1.93. The lowest BCUT2D eigenvalue weighted by Crippen LogP contribution is -1.77. The number of carbonyl (C=O) groups is 1. The van der Waals surface area contributed by atoms with Gasteiger partial charge in [-0.05, 0) is 30.9 Å². The molecule has 0 saturated heterocycles. The Bertz CT molecular complexity index is 468. The monoisotopic (exact) mass is 190 g/mol. The predicted octanol–water partition coefficient (Wildman–Crippen LogP) is 3.33. The molecule has 2 heteroatoms. The molecule has 0 radical (unpaired) electrons. The second kappa shape index (κ2) is 2.96. The molecule has 0 spiro atoms. The van der Waals surface area contributed by atoms with Crippen LogP contribution in [0.3, 0.4) is 0 Å². The maximum atomic E-state index is 10.5.